The van der Waals surface area contributed by atoms with Crippen LogP contribution >= 0.6 is 0 Å². The van der Waals surface area contributed by atoms with E-state index in [2.05, 4.69) is 54.1 Å². The number of nitrogens with zero attached hydrogens (tertiary/aromatic N) is 2. The average Bonchev–Trinajstić information content (AvgIpc) is 2.61. The van der Waals surface area contributed by atoms with Gasteiger partial charge in [0, 0.05) is 51.0 Å². The SMILES string of the molecule is CC(C)CN1CCCc2ccc(C(O)C(C)N3CCNCC3)cc21. The highest BCUT2D eigenvalue weighted by Gasteiger charge is 2.26. The van der Waals surface area contributed by atoms with Gasteiger partial charge < -0.3 is 15.3 Å². The monoisotopic (exact) mass is 331 g/mol. The molecule has 2 aliphatic rings. The van der Waals surface area contributed by atoms with Crippen molar-refractivity contribution >= 4 is 5.69 Å². The third kappa shape index (κ3) is 3.93. The van der Waals surface area contributed by atoms with Gasteiger partial charge in [0.05, 0.1) is 6.10 Å². The van der Waals surface area contributed by atoms with Crippen LogP contribution in [0.2, 0.25) is 0 Å². The Kier molecular flexibility index (Phi) is 5.80. The molecule has 0 aliphatic carbocycles. The molecular weight excluding hydrogens is 298 g/mol. The Balaban J connectivity index is 1.78. The molecule has 24 heavy (non-hydrogen) atoms. The summed E-state index contributed by atoms with van der Waals surface area (Å²) in [6.45, 7) is 13.0. The molecule has 2 N–H and O–H groups in total. The van der Waals surface area contributed by atoms with Crippen molar-refractivity contribution in [2.75, 3.05) is 44.2 Å². The Bertz CT molecular complexity index is 540. The zero-order valence-corrected chi connectivity index (χ0v) is 15.5. The lowest BCUT2D eigenvalue weighted by molar-refractivity contribution is 0.0510. The number of aliphatic hydroxyl groups excluding tert-OH is 1. The molecule has 1 fully saturated rings. The van der Waals surface area contributed by atoms with Crippen LogP contribution in [0.15, 0.2) is 18.2 Å². The van der Waals surface area contributed by atoms with E-state index in [0.717, 1.165) is 51.3 Å². The van der Waals surface area contributed by atoms with Crippen molar-refractivity contribution in [3.05, 3.63) is 29.3 Å². The molecule has 2 unspecified atom stereocenters. The number of hydrogen-bond acceptors (Lipinski definition) is 4. The molecule has 4 nitrogen and oxygen atoms in total. The highest BCUT2D eigenvalue weighted by atomic mass is 16.3. The first-order valence-corrected chi connectivity index (χ1v) is 9.57. The molecule has 0 amide bonds. The number of piperazine rings is 1. The van der Waals surface area contributed by atoms with Crippen LogP contribution in [0.4, 0.5) is 5.69 Å². The molecule has 3 rings (SSSR count). The summed E-state index contributed by atoms with van der Waals surface area (Å²) in [6.07, 6.45) is 1.98. The Hall–Kier alpha value is -1.10. The molecule has 4 heteroatoms. The van der Waals surface area contributed by atoms with Crippen LogP contribution in [0.25, 0.3) is 0 Å². The first-order chi connectivity index (χ1) is 11.6. The van der Waals surface area contributed by atoms with Gasteiger partial charge in [0.15, 0.2) is 0 Å². The van der Waals surface area contributed by atoms with E-state index >= 15 is 0 Å². The van der Waals surface area contributed by atoms with Gasteiger partial charge in [-0.15, -0.1) is 0 Å². The number of rotatable bonds is 5. The Morgan fingerprint density at radius 2 is 1.88 bits per heavy atom. The molecule has 0 bridgehead atoms. The van der Waals surface area contributed by atoms with Crippen molar-refractivity contribution in [2.45, 2.75) is 45.8 Å². The van der Waals surface area contributed by atoms with Crippen LogP contribution in [-0.2, 0) is 6.42 Å². The van der Waals surface area contributed by atoms with E-state index in [1.807, 2.05) is 0 Å². The van der Waals surface area contributed by atoms with Gasteiger partial charge in [-0.3, -0.25) is 4.90 Å². The summed E-state index contributed by atoms with van der Waals surface area (Å²) in [5.74, 6) is 0.657. The predicted molar refractivity (Wildman–Crippen MR) is 101 cm³/mol. The van der Waals surface area contributed by atoms with Crippen molar-refractivity contribution in [1.82, 2.24) is 10.2 Å². The lowest BCUT2D eigenvalue weighted by atomic mass is 9.94. The zero-order valence-electron chi connectivity index (χ0n) is 15.5. The number of aryl methyl sites for hydroxylation is 1. The molecule has 2 atom stereocenters. The van der Waals surface area contributed by atoms with Gasteiger partial charge >= 0.3 is 0 Å². The van der Waals surface area contributed by atoms with Crippen molar-refractivity contribution in [2.24, 2.45) is 5.92 Å². The second kappa shape index (κ2) is 7.85. The van der Waals surface area contributed by atoms with Crippen LogP contribution in [0.5, 0.6) is 0 Å². The van der Waals surface area contributed by atoms with Crippen molar-refractivity contribution < 1.29 is 5.11 Å². The molecular formula is C20H33N3O. The largest absolute Gasteiger partial charge is 0.387 e. The van der Waals surface area contributed by atoms with Crippen LogP contribution in [0.3, 0.4) is 0 Å². The molecule has 2 aliphatic heterocycles. The van der Waals surface area contributed by atoms with Gasteiger partial charge in [-0.05, 0) is 42.9 Å². The molecule has 1 aromatic rings. The van der Waals surface area contributed by atoms with Crippen molar-refractivity contribution in [3.8, 4) is 0 Å². The Labute approximate surface area is 146 Å². The van der Waals surface area contributed by atoms with Crippen molar-refractivity contribution in [3.63, 3.8) is 0 Å². The number of benzene rings is 1. The van der Waals surface area contributed by atoms with Crippen LogP contribution in [0.1, 0.15) is 44.4 Å². The van der Waals surface area contributed by atoms with Gasteiger partial charge in [0.2, 0.25) is 0 Å². The smallest absolute Gasteiger partial charge is 0.0943 e. The van der Waals surface area contributed by atoms with Crippen LogP contribution in [-0.4, -0.2) is 55.3 Å². The minimum Gasteiger partial charge on any atom is -0.387 e. The first kappa shape index (κ1) is 17.7. The first-order valence-electron chi connectivity index (χ1n) is 9.57. The zero-order chi connectivity index (χ0) is 17.1. The molecule has 0 radical (unpaired) electrons. The Morgan fingerprint density at radius 3 is 2.58 bits per heavy atom. The van der Waals surface area contributed by atoms with Gasteiger partial charge in [0.25, 0.3) is 0 Å². The lowest BCUT2D eigenvalue weighted by Gasteiger charge is -2.37. The van der Waals surface area contributed by atoms with E-state index in [4.69, 9.17) is 0 Å². The molecule has 2 heterocycles. The summed E-state index contributed by atoms with van der Waals surface area (Å²) in [7, 11) is 0. The summed E-state index contributed by atoms with van der Waals surface area (Å²) in [5.41, 5.74) is 3.85. The molecule has 0 spiro atoms. The van der Waals surface area contributed by atoms with Crippen LogP contribution in [0, 0.1) is 5.92 Å². The number of nitrogens with one attached hydrogen (secondary N) is 1. The summed E-state index contributed by atoms with van der Waals surface area (Å²) >= 11 is 0. The lowest BCUT2D eigenvalue weighted by Crippen LogP contribution is -2.49. The van der Waals surface area contributed by atoms with Gasteiger partial charge in [0.1, 0.15) is 0 Å². The van der Waals surface area contributed by atoms with E-state index in [1.54, 1.807) is 0 Å². The maximum absolute atomic E-state index is 10.9. The van der Waals surface area contributed by atoms with Crippen molar-refractivity contribution in [1.29, 1.82) is 0 Å². The number of fused-ring (bicyclic) bond motifs is 1. The van der Waals surface area contributed by atoms with E-state index in [9.17, 15) is 5.11 Å². The van der Waals surface area contributed by atoms with Crippen LogP contribution < -0.4 is 10.2 Å². The summed E-state index contributed by atoms with van der Waals surface area (Å²) < 4.78 is 0. The highest BCUT2D eigenvalue weighted by Crippen LogP contribution is 2.32. The third-order valence-corrected chi connectivity index (χ3v) is 5.44. The fraction of sp³-hybridized carbons (Fsp3) is 0.700. The van der Waals surface area contributed by atoms with Gasteiger partial charge in [-0.1, -0.05) is 26.0 Å². The average molecular weight is 332 g/mol. The third-order valence-electron chi connectivity index (χ3n) is 5.44. The molecule has 0 aromatic heterocycles. The molecule has 134 valence electrons. The molecule has 0 saturated carbocycles. The maximum Gasteiger partial charge on any atom is 0.0943 e. The van der Waals surface area contributed by atoms with E-state index in [-0.39, 0.29) is 6.04 Å². The number of hydrogen-bond donors (Lipinski definition) is 2. The van der Waals surface area contributed by atoms with Gasteiger partial charge in [-0.2, -0.15) is 0 Å². The van der Waals surface area contributed by atoms with E-state index in [1.165, 1.54) is 17.7 Å². The summed E-state index contributed by atoms with van der Waals surface area (Å²) in [6, 6.07) is 6.79. The Morgan fingerprint density at radius 1 is 1.12 bits per heavy atom. The number of aliphatic hydroxyl groups is 1. The summed E-state index contributed by atoms with van der Waals surface area (Å²) in [5, 5.41) is 14.3. The fourth-order valence-electron chi connectivity index (χ4n) is 4.05. The fourth-order valence-corrected chi connectivity index (χ4v) is 4.05. The van der Waals surface area contributed by atoms with Gasteiger partial charge in [-0.25, -0.2) is 0 Å². The molecule has 1 aromatic carbocycles. The predicted octanol–water partition coefficient (Wildman–Crippen LogP) is 2.42. The standard InChI is InChI=1S/C20H33N3O/c1-15(2)14-23-10-4-5-17-6-7-18(13-19(17)23)20(24)16(3)22-11-8-21-9-12-22/h6-7,13,15-16,20-21,24H,4-5,8-12,14H2,1-3H3. The quantitative estimate of drug-likeness (QED) is 0.869. The van der Waals surface area contributed by atoms with E-state index < -0.39 is 6.10 Å². The minimum atomic E-state index is -0.420. The van der Waals surface area contributed by atoms with E-state index in [0.29, 0.717) is 5.92 Å². The molecule has 1 saturated heterocycles. The second-order valence-electron chi connectivity index (χ2n) is 7.80. The normalized spacial score (nSPS) is 21.6. The maximum atomic E-state index is 10.9. The summed E-state index contributed by atoms with van der Waals surface area (Å²) in [4.78, 5) is 4.90. The number of anilines is 1. The highest BCUT2D eigenvalue weighted by molar-refractivity contribution is 5.57. The second-order valence-corrected chi connectivity index (χ2v) is 7.80. The minimum absolute atomic E-state index is 0.160. The topological polar surface area (TPSA) is 38.7 Å².